The van der Waals surface area contributed by atoms with Crippen LogP contribution in [0.15, 0.2) is 59.7 Å². The molecule has 0 amide bonds. The van der Waals surface area contributed by atoms with E-state index in [-0.39, 0.29) is 0 Å². The Labute approximate surface area is 350 Å². The van der Waals surface area contributed by atoms with Gasteiger partial charge in [-0.1, -0.05) is 116 Å². The van der Waals surface area contributed by atoms with Crippen LogP contribution in [0.2, 0.25) is 9.79 Å². The van der Waals surface area contributed by atoms with E-state index in [9.17, 15) is 5.53 Å². The topological polar surface area (TPSA) is 25.3 Å². The van der Waals surface area contributed by atoms with E-state index in [1.54, 1.807) is 4.70 Å². The van der Waals surface area contributed by atoms with E-state index in [0.717, 1.165) is 79.0 Å². The first kappa shape index (κ1) is 49.3. The molecule has 2 nitrogen and oxygen atoms in total. The fourth-order valence-corrected chi connectivity index (χ4v) is 9.56. The number of aryl methyl sites for hydroxylation is 2. The molecule has 1 heterocycles. The number of allylic oxidation sites excluding steroid dienone is 2. The molecule has 2 aromatic carbocycles. The van der Waals surface area contributed by atoms with Crippen LogP contribution in [0.5, 0.6) is 0 Å². The Balaban J connectivity index is 0.000000588. The predicted octanol–water partition coefficient (Wildman–Crippen LogP) is 18.1. The fraction of sp³-hybridized carbons (Fsp3) is 0.692. The van der Waals surface area contributed by atoms with Gasteiger partial charge in [-0.25, -0.2) is 4.70 Å². The summed E-state index contributed by atoms with van der Waals surface area (Å²) in [4.78, 5) is 3.07. The summed E-state index contributed by atoms with van der Waals surface area (Å²) in [6.45, 7) is 13.7. The third-order valence-electron chi connectivity index (χ3n) is 11.2. The van der Waals surface area contributed by atoms with E-state index in [2.05, 4.69) is 90.1 Å². The van der Waals surface area contributed by atoms with Gasteiger partial charge in [0.25, 0.3) is 0 Å². The Morgan fingerprint density at radius 3 is 1.11 bits per heavy atom. The monoisotopic (exact) mass is 845 g/mol. The summed E-state index contributed by atoms with van der Waals surface area (Å²) in [5.74, 6) is 0. The van der Waals surface area contributed by atoms with E-state index in [1.165, 1.54) is 173 Å². The molecule has 2 aromatic rings. The standard InChI is InChI=1S/C38H56N2.2C7H15.Pd/c1-5-9-13-15-16-18-22-36-35(21-12-8-4)37(33-29-25-32(26-30-33)20-17-14-10-6-2)40(39)38(36)34-27-23-31(24-28-34)19-11-7-3;2*1-3-5-7-6-4-2;/h23-30H,5-22H2,1-4H3;2*1,3-7H2,2H3;. The van der Waals surface area contributed by atoms with Gasteiger partial charge < -0.3 is 5.53 Å². The molecule has 1 aliphatic heterocycles. The van der Waals surface area contributed by atoms with Gasteiger partial charge >= 0.3 is 106 Å². The van der Waals surface area contributed by atoms with Crippen LogP contribution < -0.4 is 0 Å². The van der Waals surface area contributed by atoms with Crippen molar-refractivity contribution in [2.45, 2.75) is 231 Å². The van der Waals surface area contributed by atoms with E-state index >= 15 is 0 Å². The average molecular weight is 846 g/mol. The quantitative estimate of drug-likeness (QED) is 0.0398. The zero-order valence-electron chi connectivity index (χ0n) is 37.0. The molecule has 3 rings (SSSR count). The van der Waals surface area contributed by atoms with Crippen LogP contribution in [0.25, 0.3) is 16.9 Å². The molecule has 55 heavy (non-hydrogen) atoms. The fourth-order valence-electron chi connectivity index (χ4n) is 7.62. The Bertz CT molecular complexity index is 1290. The second-order valence-electron chi connectivity index (χ2n) is 16.2. The van der Waals surface area contributed by atoms with Gasteiger partial charge in [0.1, 0.15) is 0 Å². The maximum atomic E-state index is 11.9. The SMILES string of the molecule is CCCCCCCCC1=C(c2ccc(CCCC)cc2)[N+](=[N-])C(c2ccc(CCCCCC)cc2)=C1CCCC.CCCCCC[CH2][Pd][CH2]CCCCCC. The van der Waals surface area contributed by atoms with E-state index in [1.807, 2.05) is 0 Å². The van der Waals surface area contributed by atoms with Crippen LogP contribution in [0.4, 0.5) is 0 Å². The summed E-state index contributed by atoms with van der Waals surface area (Å²) in [5.41, 5.74) is 21.7. The van der Waals surface area contributed by atoms with Gasteiger partial charge in [0.15, 0.2) is 0 Å². The summed E-state index contributed by atoms with van der Waals surface area (Å²) in [7, 11) is 0. The molecule has 0 aliphatic carbocycles. The third-order valence-corrected chi connectivity index (χ3v) is 13.4. The van der Waals surface area contributed by atoms with E-state index in [0.29, 0.717) is 0 Å². The predicted molar refractivity (Wildman–Crippen MR) is 241 cm³/mol. The van der Waals surface area contributed by atoms with Gasteiger partial charge in [-0.15, -0.1) is 0 Å². The van der Waals surface area contributed by atoms with Crippen molar-refractivity contribution in [3.8, 4) is 0 Å². The number of benzene rings is 2. The Hall–Kier alpha value is -1.82. The minimum absolute atomic E-state index is 1.01. The van der Waals surface area contributed by atoms with Gasteiger partial charge in [0.05, 0.1) is 0 Å². The third kappa shape index (κ3) is 20.4. The Kier molecular flexibility index (Phi) is 29.8. The zero-order valence-corrected chi connectivity index (χ0v) is 38.6. The van der Waals surface area contributed by atoms with Crippen molar-refractivity contribution in [1.29, 1.82) is 0 Å². The molecule has 0 radical (unpaired) electrons. The molecule has 314 valence electrons. The number of rotatable bonds is 32. The second-order valence-corrected chi connectivity index (χ2v) is 18.5. The number of unbranched alkanes of at least 4 members (excludes halogenated alkanes) is 18. The molecule has 0 saturated carbocycles. The zero-order chi connectivity index (χ0) is 39.8. The minimum atomic E-state index is 1.01. The first-order valence-corrected chi connectivity index (χ1v) is 25.8. The van der Waals surface area contributed by atoms with Crippen LogP contribution in [0.1, 0.15) is 231 Å². The van der Waals surface area contributed by atoms with Crippen molar-refractivity contribution in [2.24, 2.45) is 0 Å². The van der Waals surface area contributed by atoms with Gasteiger partial charge in [-0.05, 0) is 86.8 Å². The molecule has 0 unspecified atom stereocenters. The molecule has 0 N–H and O–H groups in total. The van der Waals surface area contributed by atoms with Gasteiger partial charge in [-0.2, -0.15) is 0 Å². The van der Waals surface area contributed by atoms with Crippen molar-refractivity contribution >= 4 is 11.4 Å². The summed E-state index contributed by atoms with van der Waals surface area (Å²) in [6, 6.07) is 18.1. The first-order chi connectivity index (χ1) is 27.1. The molecule has 0 saturated heterocycles. The van der Waals surface area contributed by atoms with Crippen molar-refractivity contribution in [3.05, 3.63) is 87.5 Å². The average Bonchev–Trinajstić information content (AvgIpc) is 3.48. The van der Waals surface area contributed by atoms with Crippen LogP contribution in [-0.2, 0) is 30.8 Å². The van der Waals surface area contributed by atoms with Crippen LogP contribution >= 0.6 is 0 Å². The van der Waals surface area contributed by atoms with Gasteiger partial charge in [0.2, 0.25) is 11.4 Å². The summed E-state index contributed by atoms with van der Waals surface area (Å²) in [6.07, 6.45) is 36.5. The normalized spacial score (nSPS) is 12.9. The van der Waals surface area contributed by atoms with Crippen LogP contribution in [0, 0.1) is 0 Å². The van der Waals surface area contributed by atoms with Crippen molar-refractivity contribution < 1.29 is 22.7 Å². The molecule has 0 atom stereocenters. The molecular formula is C52H86N2Pd. The van der Waals surface area contributed by atoms with Crippen molar-refractivity contribution in [2.75, 3.05) is 0 Å². The molecular weight excluding hydrogens is 759 g/mol. The number of hydrogen-bond acceptors (Lipinski definition) is 0. The van der Waals surface area contributed by atoms with Crippen LogP contribution in [0.3, 0.4) is 0 Å². The molecule has 0 spiro atoms. The number of nitrogens with zero attached hydrogens (tertiary/aromatic N) is 2. The summed E-state index contributed by atoms with van der Waals surface area (Å²) < 4.78 is 1.55. The molecule has 3 heteroatoms. The Morgan fingerprint density at radius 2 is 0.673 bits per heavy atom. The maximum absolute atomic E-state index is 11.9. The molecule has 0 aromatic heterocycles. The molecule has 1 aliphatic rings. The van der Waals surface area contributed by atoms with Crippen molar-refractivity contribution in [3.63, 3.8) is 0 Å². The van der Waals surface area contributed by atoms with Crippen LogP contribution in [-0.4, -0.2) is 4.70 Å². The van der Waals surface area contributed by atoms with Crippen molar-refractivity contribution in [1.82, 2.24) is 0 Å². The summed E-state index contributed by atoms with van der Waals surface area (Å²) >= 11 is 1.07. The van der Waals surface area contributed by atoms with E-state index < -0.39 is 0 Å². The van der Waals surface area contributed by atoms with Gasteiger partial charge in [0, 0.05) is 22.3 Å². The molecule has 0 fully saturated rings. The second kappa shape index (κ2) is 33.2. The summed E-state index contributed by atoms with van der Waals surface area (Å²) in [5, 5.41) is 0. The van der Waals surface area contributed by atoms with E-state index in [4.69, 9.17) is 0 Å². The van der Waals surface area contributed by atoms with Gasteiger partial charge in [-0.3, -0.25) is 0 Å². The Morgan fingerprint density at radius 1 is 0.364 bits per heavy atom. The first-order valence-electron chi connectivity index (χ1n) is 23.6. The molecule has 0 bridgehead atoms. The number of hydrogen-bond donors (Lipinski definition) is 0.